The molecule has 0 unspecified atom stereocenters. The molecule has 0 spiro atoms. The van der Waals surface area contributed by atoms with Crippen LogP contribution in [0.5, 0.6) is 5.75 Å². The highest BCUT2D eigenvalue weighted by Crippen LogP contribution is 2.24. The molecule has 1 aromatic heterocycles. The van der Waals surface area contributed by atoms with Crippen molar-refractivity contribution in [2.75, 3.05) is 19.4 Å². The maximum atomic E-state index is 12.8. The summed E-state index contributed by atoms with van der Waals surface area (Å²) in [6, 6.07) is 15.4. The first-order chi connectivity index (χ1) is 16.0. The van der Waals surface area contributed by atoms with Crippen molar-refractivity contribution in [2.45, 2.75) is 5.75 Å². The van der Waals surface area contributed by atoms with Crippen LogP contribution in [0.25, 0.3) is 6.08 Å². The highest BCUT2D eigenvalue weighted by Gasteiger charge is 2.15. The third-order valence-electron chi connectivity index (χ3n) is 4.48. The van der Waals surface area contributed by atoms with Crippen LogP contribution in [0.1, 0.15) is 21.7 Å². The average Bonchev–Trinajstić information content (AvgIpc) is 3.32. The van der Waals surface area contributed by atoms with Gasteiger partial charge in [-0.25, -0.2) is 0 Å². The number of furan rings is 1. The van der Waals surface area contributed by atoms with Crippen molar-refractivity contribution >= 4 is 52.9 Å². The maximum Gasteiger partial charge on any atom is 0.267 e. The first-order valence-corrected chi connectivity index (χ1v) is 11.9. The molecule has 6 nitrogen and oxygen atoms in total. The fraction of sp³-hybridized carbons (Fsp3) is 0.167. The van der Waals surface area contributed by atoms with E-state index in [0.29, 0.717) is 45.2 Å². The van der Waals surface area contributed by atoms with Crippen LogP contribution >= 0.6 is 35.0 Å². The number of nitrogens with one attached hydrogen (secondary N) is 2. The van der Waals surface area contributed by atoms with Crippen molar-refractivity contribution in [1.82, 2.24) is 10.6 Å². The summed E-state index contributed by atoms with van der Waals surface area (Å²) in [5, 5.41) is 6.69. The van der Waals surface area contributed by atoms with Crippen molar-refractivity contribution < 1.29 is 18.7 Å². The fourth-order valence-corrected chi connectivity index (χ4v) is 4.18. The summed E-state index contributed by atoms with van der Waals surface area (Å²) in [6.07, 6.45) is 2.97. The summed E-state index contributed by atoms with van der Waals surface area (Å²) in [5.41, 5.74) is 1.45. The van der Waals surface area contributed by atoms with E-state index in [-0.39, 0.29) is 5.70 Å². The Morgan fingerprint density at radius 1 is 1.12 bits per heavy atom. The lowest BCUT2D eigenvalue weighted by Crippen LogP contribution is -2.35. The molecule has 0 radical (unpaired) electrons. The summed E-state index contributed by atoms with van der Waals surface area (Å²) in [5.74, 6) is 1.59. The SMILES string of the molecule is COc1ccc(C(=O)N/C(=C\c2ccco2)C(=O)NCCSCc2ccc(Cl)cc2Cl)cc1. The van der Waals surface area contributed by atoms with Gasteiger partial charge in [0.2, 0.25) is 0 Å². The van der Waals surface area contributed by atoms with Gasteiger partial charge in [-0.2, -0.15) is 11.8 Å². The monoisotopic (exact) mass is 504 g/mol. The predicted octanol–water partition coefficient (Wildman–Crippen LogP) is 5.42. The molecule has 3 rings (SSSR count). The molecule has 33 heavy (non-hydrogen) atoms. The van der Waals surface area contributed by atoms with Gasteiger partial charge in [0.05, 0.1) is 13.4 Å². The van der Waals surface area contributed by atoms with Crippen LogP contribution in [-0.2, 0) is 10.5 Å². The summed E-state index contributed by atoms with van der Waals surface area (Å²) >= 11 is 13.7. The minimum absolute atomic E-state index is 0.0801. The Balaban J connectivity index is 1.57. The average molecular weight is 505 g/mol. The molecule has 0 atom stereocenters. The Kier molecular flexibility index (Phi) is 9.30. The number of carbonyl (C=O) groups excluding carboxylic acids is 2. The van der Waals surface area contributed by atoms with E-state index < -0.39 is 11.8 Å². The van der Waals surface area contributed by atoms with Crippen LogP contribution in [0.2, 0.25) is 10.0 Å². The van der Waals surface area contributed by atoms with Crippen molar-refractivity contribution in [3.8, 4) is 5.75 Å². The lowest BCUT2D eigenvalue weighted by molar-refractivity contribution is -0.117. The normalized spacial score (nSPS) is 11.2. The van der Waals surface area contributed by atoms with E-state index in [2.05, 4.69) is 10.6 Å². The Morgan fingerprint density at radius 3 is 2.58 bits per heavy atom. The van der Waals surface area contributed by atoms with Gasteiger partial charge in [-0.1, -0.05) is 29.3 Å². The Labute approximate surface area is 206 Å². The molecule has 0 aliphatic heterocycles. The van der Waals surface area contributed by atoms with E-state index in [1.54, 1.807) is 67.4 Å². The third-order valence-corrected chi connectivity index (χ3v) is 6.07. The first kappa shape index (κ1) is 24.8. The quantitative estimate of drug-likeness (QED) is 0.284. The van der Waals surface area contributed by atoms with Crippen molar-refractivity contribution in [3.05, 3.63) is 93.5 Å². The molecular formula is C24H22Cl2N2O4S. The summed E-state index contributed by atoms with van der Waals surface area (Å²) in [7, 11) is 1.55. The second-order valence-corrected chi connectivity index (χ2v) is 8.75. The molecule has 0 saturated carbocycles. The highest BCUT2D eigenvalue weighted by molar-refractivity contribution is 7.98. The molecule has 0 bridgehead atoms. The van der Waals surface area contributed by atoms with Crippen LogP contribution in [0, 0.1) is 0 Å². The van der Waals surface area contributed by atoms with Crippen molar-refractivity contribution in [1.29, 1.82) is 0 Å². The van der Waals surface area contributed by atoms with Crippen LogP contribution in [-0.4, -0.2) is 31.2 Å². The zero-order valence-electron chi connectivity index (χ0n) is 17.8. The molecule has 2 N–H and O–H groups in total. The van der Waals surface area contributed by atoms with E-state index in [4.69, 9.17) is 32.4 Å². The van der Waals surface area contributed by atoms with Gasteiger partial charge >= 0.3 is 0 Å². The fourth-order valence-electron chi connectivity index (χ4n) is 2.76. The number of halogens is 2. The van der Waals surface area contributed by atoms with E-state index in [1.807, 2.05) is 6.07 Å². The van der Waals surface area contributed by atoms with Gasteiger partial charge in [0.1, 0.15) is 17.2 Å². The molecule has 0 aliphatic carbocycles. The number of hydrogen-bond acceptors (Lipinski definition) is 5. The van der Waals surface area contributed by atoms with Gasteiger partial charge in [-0.3, -0.25) is 9.59 Å². The number of carbonyl (C=O) groups is 2. The van der Waals surface area contributed by atoms with E-state index >= 15 is 0 Å². The molecule has 172 valence electrons. The van der Waals surface area contributed by atoms with Crippen LogP contribution in [0.15, 0.2) is 71.0 Å². The minimum atomic E-state index is -0.419. The van der Waals surface area contributed by atoms with E-state index in [1.165, 1.54) is 12.3 Å². The largest absolute Gasteiger partial charge is 0.497 e. The molecule has 3 aromatic rings. The Hall–Kier alpha value is -2.87. The van der Waals surface area contributed by atoms with Crippen molar-refractivity contribution in [2.24, 2.45) is 0 Å². The molecule has 2 aromatic carbocycles. The van der Waals surface area contributed by atoms with E-state index in [9.17, 15) is 9.59 Å². The van der Waals surface area contributed by atoms with Gasteiger partial charge in [0.25, 0.3) is 11.8 Å². The maximum absolute atomic E-state index is 12.8. The molecule has 1 heterocycles. The van der Waals surface area contributed by atoms with Crippen molar-refractivity contribution in [3.63, 3.8) is 0 Å². The topological polar surface area (TPSA) is 80.6 Å². The van der Waals surface area contributed by atoms with Gasteiger partial charge in [-0.15, -0.1) is 0 Å². The first-order valence-electron chi connectivity index (χ1n) is 9.96. The molecule has 9 heteroatoms. The number of rotatable bonds is 10. The molecule has 2 amide bonds. The van der Waals surface area contributed by atoms with Crippen LogP contribution in [0.3, 0.4) is 0 Å². The molecule has 0 fully saturated rings. The Morgan fingerprint density at radius 2 is 1.91 bits per heavy atom. The number of amides is 2. The standard InChI is InChI=1S/C24H22Cl2N2O4S/c1-31-19-8-5-16(6-9-19)23(29)28-22(14-20-3-2-11-32-20)24(30)27-10-12-33-15-17-4-7-18(25)13-21(17)26/h2-9,11,13-14H,10,12,15H2,1H3,(H,27,30)(H,28,29)/b22-14-. The summed E-state index contributed by atoms with van der Waals surface area (Å²) in [6.45, 7) is 0.405. The zero-order valence-corrected chi connectivity index (χ0v) is 20.1. The second kappa shape index (κ2) is 12.4. The molecular weight excluding hydrogens is 483 g/mol. The molecule has 0 aliphatic rings. The number of benzene rings is 2. The Bertz CT molecular complexity index is 1120. The smallest absolute Gasteiger partial charge is 0.267 e. The van der Waals surface area contributed by atoms with Crippen LogP contribution < -0.4 is 15.4 Å². The van der Waals surface area contributed by atoms with E-state index in [0.717, 1.165) is 5.56 Å². The number of thioether (sulfide) groups is 1. The predicted molar refractivity (Wildman–Crippen MR) is 133 cm³/mol. The zero-order chi connectivity index (χ0) is 23.6. The highest BCUT2D eigenvalue weighted by atomic mass is 35.5. The van der Waals surface area contributed by atoms with Crippen LogP contribution in [0.4, 0.5) is 0 Å². The third kappa shape index (κ3) is 7.60. The number of methoxy groups -OCH3 is 1. The molecule has 0 saturated heterocycles. The van der Waals surface area contributed by atoms with Gasteiger partial charge < -0.3 is 19.8 Å². The number of ether oxygens (including phenoxy) is 1. The van der Waals surface area contributed by atoms with Gasteiger partial charge in [0.15, 0.2) is 0 Å². The van der Waals surface area contributed by atoms with Gasteiger partial charge in [-0.05, 0) is 54.1 Å². The summed E-state index contributed by atoms with van der Waals surface area (Å²) < 4.78 is 10.4. The second-order valence-electron chi connectivity index (χ2n) is 6.80. The minimum Gasteiger partial charge on any atom is -0.497 e. The summed E-state index contributed by atoms with van der Waals surface area (Å²) in [4.78, 5) is 25.4. The lowest BCUT2D eigenvalue weighted by Gasteiger charge is -2.11. The number of hydrogen-bond donors (Lipinski definition) is 2. The van der Waals surface area contributed by atoms with Gasteiger partial charge in [0, 0.05) is 39.7 Å². The lowest BCUT2D eigenvalue weighted by atomic mass is 10.2.